The number of hydrogen-bond acceptors (Lipinski definition) is 15. The summed E-state index contributed by atoms with van der Waals surface area (Å²) in [5, 5.41) is 10.4. The molecule has 3 N–H and O–H groups in total. The van der Waals surface area contributed by atoms with Crippen molar-refractivity contribution < 1.29 is 80.2 Å². The molecule has 0 rings (SSSR count). The second kappa shape index (κ2) is 48.2. The van der Waals surface area contributed by atoms with Gasteiger partial charge >= 0.3 is 39.5 Å². The number of phosphoric acid groups is 2. The maximum absolute atomic E-state index is 12.9. The molecule has 438 valence electrons. The van der Waals surface area contributed by atoms with Crippen molar-refractivity contribution in [1.82, 2.24) is 0 Å². The number of esters is 4. The Morgan fingerprint density at radius 2 is 0.689 bits per heavy atom. The molecular weight excluding hydrogens is 995 g/mol. The predicted octanol–water partition coefficient (Wildman–Crippen LogP) is 14.1. The molecule has 0 radical (unpaired) electrons. The van der Waals surface area contributed by atoms with E-state index in [0.29, 0.717) is 25.7 Å². The maximum atomic E-state index is 12.9. The van der Waals surface area contributed by atoms with Gasteiger partial charge in [0.2, 0.25) is 0 Å². The molecule has 19 heteroatoms. The average molecular weight is 1100 g/mol. The molecule has 0 fully saturated rings. The molecule has 0 bridgehead atoms. The first-order chi connectivity index (χ1) is 35.4. The molecular formula is C55H106O17P2. The normalized spacial score (nSPS) is 14.9. The van der Waals surface area contributed by atoms with Crippen molar-refractivity contribution in [3.63, 3.8) is 0 Å². The number of carbonyl (C=O) groups excluding carboxylic acids is 4. The van der Waals surface area contributed by atoms with Crippen molar-refractivity contribution in [2.75, 3.05) is 39.6 Å². The molecule has 0 saturated heterocycles. The van der Waals surface area contributed by atoms with Gasteiger partial charge in [-0.05, 0) is 37.5 Å². The summed E-state index contributed by atoms with van der Waals surface area (Å²) in [6, 6.07) is 0. The summed E-state index contributed by atoms with van der Waals surface area (Å²) in [5.41, 5.74) is 0. The maximum Gasteiger partial charge on any atom is 0.472 e. The van der Waals surface area contributed by atoms with E-state index in [9.17, 15) is 43.2 Å². The lowest BCUT2D eigenvalue weighted by atomic mass is 9.99. The second-order valence-electron chi connectivity index (χ2n) is 20.7. The smallest absolute Gasteiger partial charge is 0.462 e. The van der Waals surface area contributed by atoms with E-state index in [1.165, 1.54) is 70.6 Å². The number of ether oxygens (including phenoxy) is 4. The van der Waals surface area contributed by atoms with E-state index in [4.69, 9.17) is 37.0 Å². The molecule has 0 aromatic carbocycles. The van der Waals surface area contributed by atoms with E-state index < -0.39 is 97.5 Å². The Labute approximate surface area is 447 Å². The number of unbranched alkanes of at least 4 members (excludes halogenated alkanes) is 23. The van der Waals surface area contributed by atoms with Gasteiger partial charge in [-0.3, -0.25) is 37.3 Å². The van der Waals surface area contributed by atoms with Gasteiger partial charge in [0.05, 0.1) is 26.4 Å². The Bertz CT molecular complexity index is 1480. The van der Waals surface area contributed by atoms with Crippen LogP contribution in [-0.2, 0) is 65.4 Å². The Morgan fingerprint density at radius 1 is 0.392 bits per heavy atom. The molecule has 0 aromatic rings. The summed E-state index contributed by atoms with van der Waals surface area (Å²) in [4.78, 5) is 71.3. The van der Waals surface area contributed by atoms with Crippen molar-refractivity contribution in [2.45, 2.75) is 278 Å². The standard InChI is InChI=1S/C55H106O17P2/c1-7-10-12-23-31-37-52(57)65-43-50(71-54(59)39-33-24-13-11-8-2)45-69-73(61,62)67-41-49(56)42-68-74(63,64)70-46-51(72-55(60)40-34-28-22-16-14-15-19-25-29-35-47(4)5)44-66-53(58)38-32-27-21-18-17-20-26-30-36-48(6)9-3/h47-51,56H,7-46H2,1-6H3,(H,61,62)(H,63,64)/t48?,49-,50+,51+/m0/s1. The van der Waals surface area contributed by atoms with Crippen molar-refractivity contribution in [3.05, 3.63) is 0 Å². The van der Waals surface area contributed by atoms with Gasteiger partial charge in [-0.15, -0.1) is 0 Å². The van der Waals surface area contributed by atoms with Gasteiger partial charge < -0.3 is 33.8 Å². The highest BCUT2D eigenvalue weighted by molar-refractivity contribution is 7.47. The van der Waals surface area contributed by atoms with E-state index in [2.05, 4.69) is 41.5 Å². The fraction of sp³-hybridized carbons (Fsp3) is 0.927. The van der Waals surface area contributed by atoms with Crippen LogP contribution in [0.1, 0.15) is 260 Å². The highest BCUT2D eigenvalue weighted by Gasteiger charge is 2.30. The fourth-order valence-corrected chi connectivity index (χ4v) is 9.49. The Hall–Kier alpha value is -1.94. The van der Waals surface area contributed by atoms with Crippen LogP contribution in [0.15, 0.2) is 0 Å². The number of hydrogen-bond donors (Lipinski definition) is 3. The van der Waals surface area contributed by atoms with Gasteiger partial charge in [0, 0.05) is 25.7 Å². The number of rotatable bonds is 54. The number of aliphatic hydroxyl groups excluding tert-OH is 1. The van der Waals surface area contributed by atoms with Crippen LogP contribution in [0.5, 0.6) is 0 Å². The van der Waals surface area contributed by atoms with Crippen LogP contribution < -0.4 is 0 Å². The molecule has 0 saturated carbocycles. The Balaban J connectivity index is 5.16. The zero-order valence-corrected chi connectivity index (χ0v) is 48.9. The van der Waals surface area contributed by atoms with E-state index in [-0.39, 0.29) is 25.7 Å². The third-order valence-electron chi connectivity index (χ3n) is 12.8. The SMILES string of the molecule is CCCCCCCC(=O)OC[C@H](COP(=O)(O)OC[C@H](O)COP(=O)(O)OC[C@@H](COC(=O)CCCCCCCCCCC(C)CC)OC(=O)CCCCCCCCCCCC(C)C)OC(=O)CCCCCCC. The monoisotopic (exact) mass is 1100 g/mol. The molecule has 0 aromatic heterocycles. The second-order valence-corrected chi connectivity index (χ2v) is 23.6. The summed E-state index contributed by atoms with van der Waals surface area (Å²) in [6.45, 7) is 9.21. The molecule has 3 unspecified atom stereocenters. The highest BCUT2D eigenvalue weighted by Crippen LogP contribution is 2.45. The molecule has 74 heavy (non-hydrogen) atoms. The fourth-order valence-electron chi connectivity index (χ4n) is 7.91. The van der Waals surface area contributed by atoms with Gasteiger partial charge in [0.25, 0.3) is 0 Å². The van der Waals surface area contributed by atoms with Crippen LogP contribution in [0.25, 0.3) is 0 Å². The van der Waals surface area contributed by atoms with E-state index >= 15 is 0 Å². The van der Waals surface area contributed by atoms with E-state index in [1.807, 2.05) is 0 Å². The van der Waals surface area contributed by atoms with Crippen LogP contribution in [0.2, 0.25) is 0 Å². The number of phosphoric ester groups is 2. The highest BCUT2D eigenvalue weighted by atomic mass is 31.2. The molecule has 0 aliphatic rings. The van der Waals surface area contributed by atoms with Crippen LogP contribution >= 0.6 is 15.6 Å². The zero-order chi connectivity index (χ0) is 55.1. The third kappa shape index (κ3) is 48.4. The van der Waals surface area contributed by atoms with Gasteiger partial charge in [0.1, 0.15) is 19.3 Å². The average Bonchev–Trinajstić information content (AvgIpc) is 3.36. The largest absolute Gasteiger partial charge is 0.472 e. The lowest BCUT2D eigenvalue weighted by molar-refractivity contribution is -0.161. The zero-order valence-electron chi connectivity index (χ0n) is 47.1. The number of aliphatic hydroxyl groups is 1. The minimum atomic E-state index is -4.93. The molecule has 17 nitrogen and oxygen atoms in total. The quantitative estimate of drug-likeness (QED) is 0.0222. The Morgan fingerprint density at radius 3 is 1.03 bits per heavy atom. The molecule has 0 spiro atoms. The summed E-state index contributed by atoms with van der Waals surface area (Å²) in [6.07, 6.45) is 27.3. The van der Waals surface area contributed by atoms with Crippen LogP contribution in [0.3, 0.4) is 0 Å². The predicted molar refractivity (Wildman–Crippen MR) is 289 cm³/mol. The third-order valence-corrected chi connectivity index (χ3v) is 14.7. The first-order valence-corrected chi connectivity index (χ1v) is 32.0. The van der Waals surface area contributed by atoms with Crippen molar-refractivity contribution >= 4 is 39.5 Å². The van der Waals surface area contributed by atoms with Crippen LogP contribution in [0, 0.1) is 11.8 Å². The van der Waals surface area contributed by atoms with Crippen molar-refractivity contribution in [2.24, 2.45) is 11.8 Å². The van der Waals surface area contributed by atoms with Crippen LogP contribution in [0.4, 0.5) is 0 Å². The summed E-state index contributed by atoms with van der Waals surface area (Å²) >= 11 is 0. The van der Waals surface area contributed by atoms with Crippen molar-refractivity contribution in [1.29, 1.82) is 0 Å². The molecule has 0 aliphatic heterocycles. The van der Waals surface area contributed by atoms with Crippen molar-refractivity contribution in [3.8, 4) is 0 Å². The van der Waals surface area contributed by atoms with E-state index in [1.54, 1.807) is 0 Å². The lowest BCUT2D eigenvalue weighted by Gasteiger charge is -2.21. The molecule has 0 amide bonds. The Kier molecular flexibility index (Phi) is 46.9. The minimum Gasteiger partial charge on any atom is -0.462 e. The number of carbonyl (C=O) groups is 4. The van der Waals surface area contributed by atoms with E-state index in [0.717, 1.165) is 108 Å². The summed E-state index contributed by atoms with van der Waals surface area (Å²) in [7, 11) is -9.85. The summed E-state index contributed by atoms with van der Waals surface area (Å²) < 4.78 is 67.2. The van der Waals surface area contributed by atoms with Gasteiger partial charge in [-0.2, -0.15) is 0 Å². The minimum absolute atomic E-state index is 0.0983. The first-order valence-electron chi connectivity index (χ1n) is 29.0. The van der Waals surface area contributed by atoms with Crippen LogP contribution in [-0.4, -0.2) is 96.7 Å². The molecule has 0 aliphatic carbocycles. The van der Waals surface area contributed by atoms with Gasteiger partial charge in [-0.25, -0.2) is 9.13 Å². The van der Waals surface area contributed by atoms with Gasteiger partial charge in [0.15, 0.2) is 12.2 Å². The molecule has 6 atom stereocenters. The topological polar surface area (TPSA) is 237 Å². The molecule has 0 heterocycles. The van der Waals surface area contributed by atoms with Gasteiger partial charge in [-0.1, -0.05) is 208 Å². The lowest BCUT2D eigenvalue weighted by Crippen LogP contribution is -2.30. The summed E-state index contributed by atoms with van der Waals surface area (Å²) in [5.74, 6) is -0.656. The first kappa shape index (κ1) is 72.1.